The van der Waals surface area contributed by atoms with Crippen LogP contribution in [-0.2, 0) is 22.4 Å². The number of H-pyrrole nitrogens is 1. The molecular weight excluding hydrogens is 540 g/mol. The minimum atomic E-state index is -1.59. The fraction of sp³-hybridized carbons (Fsp3) is 0.457. The summed E-state index contributed by atoms with van der Waals surface area (Å²) in [5.41, 5.74) is 7.51. The van der Waals surface area contributed by atoms with Crippen molar-refractivity contribution in [2.24, 2.45) is 11.7 Å². The maximum absolute atomic E-state index is 14.2. The lowest BCUT2D eigenvalue weighted by molar-refractivity contribution is -0.143. The Hall–Kier alpha value is -3.91. The van der Waals surface area contributed by atoms with Crippen LogP contribution in [0.3, 0.4) is 0 Å². The van der Waals surface area contributed by atoms with Crippen molar-refractivity contribution >= 4 is 33.8 Å². The number of hydrogen-bond acceptors (Lipinski definition) is 5. The number of amides is 2. The van der Waals surface area contributed by atoms with Crippen molar-refractivity contribution in [3.63, 3.8) is 0 Å². The molecule has 0 radical (unpaired) electrons. The predicted molar refractivity (Wildman–Crippen MR) is 172 cm³/mol. The maximum atomic E-state index is 14.2. The fourth-order valence-corrected chi connectivity index (χ4v) is 6.06. The second-order valence-corrected chi connectivity index (χ2v) is 11.9. The van der Waals surface area contributed by atoms with Gasteiger partial charge in [0.1, 0.15) is 0 Å². The van der Waals surface area contributed by atoms with E-state index in [0.29, 0.717) is 12.1 Å². The van der Waals surface area contributed by atoms with Crippen LogP contribution in [0.2, 0.25) is 0 Å². The van der Waals surface area contributed by atoms with Gasteiger partial charge in [0, 0.05) is 28.4 Å². The molecule has 4 rings (SSSR count). The van der Waals surface area contributed by atoms with Gasteiger partial charge >= 0.3 is 6.09 Å². The summed E-state index contributed by atoms with van der Waals surface area (Å²) in [7, 11) is 0. The zero-order chi connectivity index (χ0) is 30.7. The number of para-hydroxylation sites is 1. The lowest BCUT2D eigenvalue weighted by Gasteiger charge is -2.35. The fourth-order valence-electron chi connectivity index (χ4n) is 6.06. The number of nitrogens with two attached hydrogens (primary N) is 1. The molecule has 0 aliphatic heterocycles. The molecule has 0 saturated heterocycles. The Morgan fingerprint density at radius 2 is 1.72 bits per heavy atom. The number of fused-ring (bicyclic) bond motifs is 3. The summed E-state index contributed by atoms with van der Waals surface area (Å²) in [5.74, 6) is -0.397. The van der Waals surface area contributed by atoms with Crippen LogP contribution in [0.5, 0.6) is 0 Å². The van der Waals surface area contributed by atoms with Crippen molar-refractivity contribution in [2.75, 3.05) is 6.61 Å². The third kappa shape index (κ3) is 8.80. The number of ether oxygens (including phenoxy) is 1. The molecule has 3 unspecified atom stereocenters. The number of carbonyl (C=O) groups is 2. The average Bonchev–Trinajstić information content (AvgIpc) is 3.36. The van der Waals surface area contributed by atoms with Crippen molar-refractivity contribution in [3.05, 3.63) is 78.1 Å². The Bertz CT molecular complexity index is 1470. The summed E-state index contributed by atoms with van der Waals surface area (Å²) in [6, 6.07) is 19.0. The molecule has 2 heterocycles. The number of unbranched alkanes of at least 4 members (excludes halogenated alkanes) is 5. The Morgan fingerprint density at radius 1 is 1.00 bits per heavy atom. The molecule has 230 valence electrons. The lowest BCUT2D eigenvalue weighted by atomic mass is 9.83. The Labute approximate surface area is 254 Å². The van der Waals surface area contributed by atoms with E-state index in [1.165, 1.54) is 25.7 Å². The van der Waals surface area contributed by atoms with E-state index in [0.717, 1.165) is 46.6 Å². The van der Waals surface area contributed by atoms with Crippen molar-refractivity contribution in [1.29, 1.82) is 0 Å². The number of aromatic nitrogens is 2. The van der Waals surface area contributed by atoms with Crippen molar-refractivity contribution in [3.8, 4) is 0 Å². The number of aliphatic hydroxyl groups is 1. The summed E-state index contributed by atoms with van der Waals surface area (Å²) in [6.45, 7) is 4.03. The number of primary amides is 1. The average molecular weight is 587 g/mol. The third-order valence-corrected chi connectivity index (χ3v) is 8.23. The first kappa shape index (κ1) is 32.0. The van der Waals surface area contributed by atoms with E-state index in [1.807, 2.05) is 60.7 Å². The quantitative estimate of drug-likeness (QED) is 0.104. The van der Waals surface area contributed by atoms with E-state index >= 15 is 0 Å². The molecule has 0 bridgehead atoms. The van der Waals surface area contributed by atoms with Gasteiger partial charge in [0.25, 0.3) is 5.91 Å². The molecule has 2 aromatic heterocycles. The monoisotopic (exact) mass is 586 g/mol. The lowest BCUT2D eigenvalue weighted by Crippen LogP contribution is -2.56. The summed E-state index contributed by atoms with van der Waals surface area (Å²) in [6.07, 6.45) is 9.44. The number of nitrogens with zero attached hydrogens (tertiary/aromatic N) is 1. The van der Waals surface area contributed by atoms with Crippen molar-refractivity contribution in [2.45, 2.75) is 89.7 Å². The van der Waals surface area contributed by atoms with Crippen LogP contribution in [0.4, 0.5) is 4.79 Å². The molecule has 8 nitrogen and oxygen atoms in total. The van der Waals surface area contributed by atoms with E-state index in [4.69, 9.17) is 10.5 Å². The standard InChI is InChI=1S/C35H46N4O4/c1-3-4-5-6-7-9-14-25(2)21-35(43-34(36)42,33(41)38-28(24-40)19-26-15-10-8-11-16-26)22-27-20-30-29-17-12-13-18-31(29)39-32(30)23-37-27/h8,10-13,15-18,20,23,25,28,39-40H,3-7,9,14,19,21-22,24H2,1-2H3,(H2,36,42)(H,38,41). The Morgan fingerprint density at radius 3 is 2.47 bits per heavy atom. The smallest absolute Gasteiger partial charge is 0.405 e. The van der Waals surface area contributed by atoms with E-state index in [-0.39, 0.29) is 25.4 Å². The van der Waals surface area contributed by atoms with Gasteiger partial charge in [-0.05, 0) is 36.5 Å². The number of aromatic amines is 1. The van der Waals surface area contributed by atoms with Gasteiger partial charge in [-0.1, -0.05) is 107 Å². The molecule has 0 aliphatic rings. The molecular formula is C35H46N4O4. The first-order valence-corrected chi connectivity index (χ1v) is 15.6. The van der Waals surface area contributed by atoms with Crippen molar-refractivity contribution in [1.82, 2.24) is 15.3 Å². The Kier molecular flexibility index (Phi) is 11.6. The van der Waals surface area contributed by atoms with Crippen LogP contribution in [-0.4, -0.2) is 45.3 Å². The van der Waals surface area contributed by atoms with Crippen LogP contribution in [0, 0.1) is 5.92 Å². The highest BCUT2D eigenvalue weighted by atomic mass is 16.6. The van der Waals surface area contributed by atoms with Gasteiger partial charge in [-0.15, -0.1) is 0 Å². The summed E-state index contributed by atoms with van der Waals surface area (Å²) < 4.78 is 5.81. The first-order chi connectivity index (χ1) is 20.8. The summed E-state index contributed by atoms with van der Waals surface area (Å²) >= 11 is 0. The van der Waals surface area contributed by atoms with Crippen LogP contribution >= 0.6 is 0 Å². The second kappa shape index (κ2) is 15.5. The van der Waals surface area contributed by atoms with Gasteiger partial charge in [0.05, 0.1) is 24.4 Å². The van der Waals surface area contributed by atoms with Gasteiger partial charge in [0.2, 0.25) is 0 Å². The summed E-state index contributed by atoms with van der Waals surface area (Å²) in [4.78, 5) is 34.6. The van der Waals surface area contributed by atoms with Crippen LogP contribution in [0.1, 0.15) is 76.5 Å². The largest absolute Gasteiger partial charge is 0.433 e. The molecule has 3 atom stereocenters. The molecule has 43 heavy (non-hydrogen) atoms. The highest BCUT2D eigenvalue weighted by molar-refractivity contribution is 6.07. The molecule has 2 amide bonds. The normalized spacial score (nSPS) is 14.3. The van der Waals surface area contributed by atoms with Gasteiger partial charge in [-0.2, -0.15) is 0 Å². The predicted octanol–water partition coefficient (Wildman–Crippen LogP) is 6.59. The molecule has 2 aromatic carbocycles. The molecule has 4 aromatic rings. The molecule has 0 spiro atoms. The van der Waals surface area contributed by atoms with Gasteiger partial charge in [-0.25, -0.2) is 4.79 Å². The molecule has 0 aliphatic carbocycles. The van der Waals surface area contributed by atoms with E-state index in [1.54, 1.807) is 6.20 Å². The molecule has 0 saturated carbocycles. The van der Waals surface area contributed by atoms with E-state index in [9.17, 15) is 14.7 Å². The second-order valence-electron chi connectivity index (χ2n) is 11.9. The molecule has 0 fully saturated rings. The maximum Gasteiger partial charge on any atom is 0.405 e. The SMILES string of the molecule is CCCCCCCCC(C)CC(Cc1cc2c(cn1)[nH]c1ccccc12)(OC(N)=O)C(=O)NC(CO)Cc1ccccc1. The Balaban J connectivity index is 1.62. The number of pyridine rings is 1. The first-order valence-electron chi connectivity index (χ1n) is 15.6. The zero-order valence-electron chi connectivity index (χ0n) is 25.5. The van der Waals surface area contributed by atoms with Crippen LogP contribution < -0.4 is 11.1 Å². The molecule has 8 heteroatoms. The van der Waals surface area contributed by atoms with Gasteiger partial charge in [0.15, 0.2) is 5.60 Å². The number of aliphatic hydroxyl groups excluding tert-OH is 1. The number of rotatable bonds is 17. The van der Waals surface area contributed by atoms with Crippen LogP contribution in [0.25, 0.3) is 21.8 Å². The molecule has 5 N–H and O–H groups in total. The third-order valence-electron chi connectivity index (χ3n) is 8.23. The topological polar surface area (TPSA) is 130 Å². The van der Waals surface area contributed by atoms with E-state index in [2.05, 4.69) is 29.1 Å². The van der Waals surface area contributed by atoms with Crippen LogP contribution in [0.15, 0.2) is 66.9 Å². The number of carbonyl (C=O) groups excluding carboxylic acids is 2. The minimum absolute atomic E-state index is 0.0571. The minimum Gasteiger partial charge on any atom is -0.433 e. The number of nitrogens with one attached hydrogen (secondary N) is 2. The number of hydrogen-bond donors (Lipinski definition) is 4. The highest BCUT2D eigenvalue weighted by Gasteiger charge is 2.44. The van der Waals surface area contributed by atoms with Crippen molar-refractivity contribution < 1.29 is 19.4 Å². The van der Waals surface area contributed by atoms with Gasteiger partial charge in [-0.3, -0.25) is 9.78 Å². The highest BCUT2D eigenvalue weighted by Crippen LogP contribution is 2.32. The summed E-state index contributed by atoms with van der Waals surface area (Å²) in [5, 5.41) is 15.2. The van der Waals surface area contributed by atoms with Gasteiger partial charge < -0.3 is 25.9 Å². The zero-order valence-corrected chi connectivity index (χ0v) is 25.5. The van der Waals surface area contributed by atoms with E-state index < -0.39 is 23.6 Å². The number of benzene rings is 2.